The zero-order valence-corrected chi connectivity index (χ0v) is 9.04. The Bertz CT molecular complexity index is 492. The molecule has 1 aromatic heterocycles. The van der Waals surface area contributed by atoms with E-state index in [9.17, 15) is 0 Å². The summed E-state index contributed by atoms with van der Waals surface area (Å²) in [5.41, 5.74) is 7.01. The fourth-order valence-corrected chi connectivity index (χ4v) is 1.27. The highest BCUT2D eigenvalue weighted by molar-refractivity contribution is 6.28. The van der Waals surface area contributed by atoms with Crippen molar-refractivity contribution in [2.75, 3.05) is 5.88 Å². The van der Waals surface area contributed by atoms with Crippen molar-refractivity contribution < 1.29 is 0 Å². The van der Waals surface area contributed by atoms with Crippen LogP contribution in [0.25, 0.3) is 5.69 Å². The number of tetrazole rings is 1. The summed E-state index contributed by atoms with van der Waals surface area (Å²) in [6.07, 6.45) is 1.49. The summed E-state index contributed by atoms with van der Waals surface area (Å²) in [7, 11) is 0. The molecule has 82 valence electrons. The van der Waals surface area contributed by atoms with E-state index in [-0.39, 0.29) is 5.88 Å². The Balaban J connectivity index is 2.47. The highest BCUT2D eigenvalue weighted by Gasteiger charge is 2.04. The van der Waals surface area contributed by atoms with Crippen LogP contribution < -0.4 is 5.73 Å². The number of nitrogens with two attached hydrogens (primary N) is 1. The van der Waals surface area contributed by atoms with Gasteiger partial charge in [0.05, 0.1) is 17.3 Å². The number of para-hydroxylation sites is 2. The summed E-state index contributed by atoms with van der Waals surface area (Å²) in [6, 6.07) is 7.38. The molecule has 0 radical (unpaired) electrons. The molecular weight excluding hydrogens is 228 g/mol. The Hall–Kier alpha value is -1.95. The minimum absolute atomic E-state index is 0.184. The summed E-state index contributed by atoms with van der Waals surface area (Å²) in [6.45, 7) is 0. The van der Waals surface area contributed by atoms with E-state index in [0.29, 0.717) is 11.5 Å². The van der Waals surface area contributed by atoms with Crippen molar-refractivity contribution >= 4 is 23.1 Å². The summed E-state index contributed by atoms with van der Waals surface area (Å²) in [4.78, 5) is 4.18. The summed E-state index contributed by atoms with van der Waals surface area (Å²) < 4.78 is 1.51. The molecule has 2 N–H and O–H groups in total. The molecule has 2 aromatic rings. The van der Waals surface area contributed by atoms with Gasteiger partial charge in [-0.1, -0.05) is 12.1 Å². The minimum atomic E-state index is 0.184. The van der Waals surface area contributed by atoms with Gasteiger partial charge in [-0.25, -0.2) is 4.99 Å². The topological polar surface area (TPSA) is 82.0 Å². The predicted octanol–water partition coefficient (Wildman–Crippen LogP) is 0.890. The molecule has 1 aromatic carbocycles. The number of halogens is 1. The van der Waals surface area contributed by atoms with Crippen LogP contribution in [-0.2, 0) is 0 Å². The smallest absolute Gasteiger partial charge is 0.143 e. The van der Waals surface area contributed by atoms with Gasteiger partial charge in [-0.05, 0) is 22.6 Å². The van der Waals surface area contributed by atoms with Gasteiger partial charge in [-0.15, -0.1) is 16.7 Å². The van der Waals surface area contributed by atoms with Crippen LogP contribution in [0, 0.1) is 0 Å². The molecule has 0 saturated carbocycles. The predicted molar refractivity (Wildman–Crippen MR) is 61.2 cm³/mol. The highest BCUT2D eigenvalue weighted by atomic mass is 35.5. The Morgan fingerprint density at radius 3 is 2.94 bits per heavy atom. The van der Waals surface area contributed by atoms with Crippen molar-refractivity contribution in [1.29, 1.82) is 0 Å². The molecule has 0 saturated heterocycles. The number of aliphatic imine (C=N–C) groups is 1. The van der Waals surface area contributed by atoms with Crippen LogP contribution in [0.1, 0.15) is 0 Å². The molecule has 2 rings (SSSR count). The van der Waals surface area contributed by atoms with Crippen LogP contribution in [0.15, 0.2) is 35.6 Å². The number of rotatable bonds is 3. The van der Waals surface area contributed by atoms with Gasteiger partial charge < -0.3 is 5.73 Å². The summed E-state index contributed by atoms with van der Waals surface area (Å²) >= 11 is 5.58. The third-order valence-corrected chi connectivity index (χ3v) is 2.15. The Morgan fingerprint density at radius 1 is 1.44 bits per heavy atom. The monoisotopic (exact) mass is 236 g/mol. The third kappa shape index (κ3) is 2.17. The van der Waals surface area contributed by atoms with E-state index in [4.69, 9.17) is 17.3 Å². The van der Waals surface area contributed by atoms with E-state index >= 15 is 0 Å². The van der Waals surface area contributed by atoms with Crippen LogP contribution in [-0.4, -0.2) is 31.9 Å². The first-order chi connectivity index (χ1) is 7.81. The zero-order valence-electron chi connectivity index (χ0n) is 8.29. The number of hydrogen-bond donors (Lipinski definition) is 1. The summed E-state index contributed by atoms with van der Waals surface area (Å²) in [5, 5.41) is 10.9. The van der Waals surface area contributed by atoms with Gasteiger partial charge in [0.2, 0.25) is 0 Å². The van der Waals surface area contributed by atoms with Crippen molar-refractivity contribution in [1.82, 2.24) is 20.2 Å². The zero-order chi connectivity index (χ0) is 11.4. The van der Waals surface area contributed by atoms with Gasteiger partial charge in [0.1, 0.15) is 12.2 Å². The molecule has 0 atom stereocenters. The van der Waals surface area contributed by atoms with E-state index in [1.54, 1.807) is 0 Å². The van der Waals surface area contributed by atoms with Crippen molar-refractivity contribution in [3.63, 3.8) is 0 Å². The van der Waals surface area contributed by atoms with Crippen LogP contribution in [0.3, 0.4) is 0 Å². The molecule has 6 nitrogen and oxygen atoms in total. The second-order valence-corrected chi connectivity index (χ2v) is 3.25. The van der Waals surface area contributed by atoms with Gasteiger partial charge >= 0.3 is 0 Å². The second kappa shape index (κ2) is 4.71. The van der Waals surface area contributed by atoms with Crippen molar-refractivity contribution in [2.24, 2.45) is 10.7 Å². The molecule has 0 amide bonds. The normalized spacial score (nSPS) is 11.7. The highest BCUT2D eigenvalue weighted by Crippen LogP contribution is 2.21. The lowest BCUT2D eigenvalue weighted by Gasteiger charge is -2.04. The van der Waals surface area contributed by atoms with Crippen LogP contribution in [0.4, 0.5) is 5.69 Å². The number of aromatic nitrogens is 4. The Kier molecular flexibility index (Phi) is 3.11. The van der Waals surface area contributed by atoms with E-state index in [2.05, 4.69) is 20.5 Å². The number of alkyl halides is 1. The quantitative estimate of drug-likeness (QED) is 0.487. The van der Waals surface area contributed by atoms with Gasteiger partial charge in [0.15, 0.2) is 0 Å². The van der Waals surface area contributed by atoms with Crippen LogP contribution in [0.5, 0.6) is 0 Å². The molecule has 7 heteroatoms. The first-order valence-corrected chi connectivity index (χ1v) is 5.06. The summed E-state index contributed by atoms with van der Waals surface area (Å²) in [5.74, 6) is 0.534. The number of amidine groups is 1. The molecule has 16 heavy (non-hydrogen) atoms. The number of benzene rings is 1. The molecule has 0 spiro atoms. The number of hydrogen-bond acceptors (Lipinski definition) is 4. The maximum absolute atomic E-state index is 5.58. The Labute approximate surface area is 96.7 Å². The maximum atomic E-state index is 5.58. The molecule has 0 fully saturated rings. The third-order valence-electron chi connectivity index (χ3n) is 1.88. The molecular formula is C9H9ClN6. The van der Waals surface area contributed by atoms with Crippen LogP contribution in [0.2, 0.25) is 0 Å². The Morgan fingerprint density at radius 2 is 2.25 bits per heavy atom. The van der Waals surface area contributed by atoms with E-state index < -0.39 is 0 Å². The average Bonchev–Trinajstić information content (AvgIpc) is 2.83. The fraction of sp³-hybridized carbons (Fsp3) is 0.111. The molecule has 0 unspecified atom stereocenters. The van der Waals surface area contributed by atoms with E-state index in [1.165, 1.54) is 11.0 Å². The fourth-order valence-electron chi connectivity index (χ4n) is 1.21. The van der Waals surface area contributed by atoms with Gasteiger partial charge in [-0.2, -0.15) is 4.68 Å². The molecule has 0 aliphatic rings. The lowest BCUT2D eigenvalue weighted by atomic mass is 10.3. The molecule has 0 aliphatic heterocycles. The van der Waals surface area contributed by atoms with Gasteiger partial charge in [-0.3, -0.25) is 0 Å². The van der Waals surface area contributed by atoms with Crippen molar-refractivity contribution in [3.8, 4) is 5.69 Å². The largest absolute Gasteiger partial charge is 0.386 e. The van der Waals surface area contributed by atoms with Gasteiger partial charge in [0, 0.05) is 0 Å². The van der Waals surface area contributed by atoms with Crippen molar-refractivity contribution in [2.45, 2.75) is 0 Å². The first-order valence-electron chi connectivity index (χ1n) is 4.52. The van der Waals surface area contributed by atoms with Gasteiger partial charge in [0.25, 0.3) is 0 Å². The number of nitrogens with zero attached hydrogens (tertiary/aromatic N) is 5. The molecule has 0 aliphatic carbocycles. The van der Waals surface area contributed by atoms with Crippen LogP contribution >= 0.6 is 11.6 Å². The standard InChI is InChI=1S/C9H9ClN6/c10-5-9(11)13-7-3-1-2-4-8(7)16-6-12-14-15-16/h1-4,6H,5H2,(H2,11,13). The maximum Gasteiger partial charge on any atom is 0.143 e. The molecule has 0 bridgehead atoms. The van der Waals surface area contributed by atoms with E-state index in [0.717, 1.165) is 5.69 Å². The minimum Gasteiger partial charge on any atom is -0.386 e. The lowest BCUT2D eigenvalue weighted by molar-refractivity contribution is 0.789. The first kappa shape index (κ1) is 10.6. The van der Waals surface area contributed by atoms with Crippen molar-refractivity contribution in [3.05, 3.63) is 30.6 Å². The van der Waals surface area contributed by atoms with E-state index in [1.807, 2.05) is 24.3 Å². The molecule has 1 heterocycles. The lowest BCUT2D eigenvalue weighted by Crippen LogP contribution is -2.12. The average molecular weight is 237 g/mol. The SMILES string of the molecule is NC(CCl)=Nc1ccccc1-n1cnnn1. The second-order valence-electron chi connectivity index (χ2n) is 2.98.